The lowest BCUT2D eigenvalue weighted by Crippen LogP contribution is -2.42. The number of H-pyrrole nitrogens is 1. The summed E-state index contributed by atoms with van der Waals surface area (Å²) in [5.41, 5.74) is 0.803. The fourth-order valence-electron chi connectivity index (χ4n) is 6.97. The molecule has 1 aromatic carbocycles. The summed E-state index contributed by atoms with van der Waals surface area (Å²) in [4.78, 5) is 54.9. The fourth-order valence-corrected chi connectivity index (χ4v) is 9.86. The number of aliphatic carboxylic acids is 1. The van der Waals surface area contributed by atoms with Crippen LogP contribution in [0.15, 0.2) is 22.0 Å². The Kier molecular flexibility index (Phi) is 5.38. The average Bonchev–Trinajstić information content (AvgIpc) is 3.57. The summed E-state index contributed by atoms with van der Waals surface area (Å²) >= 11 is 2.71. The van der Waals surface area contributed by atoms with Crippen molar-refractivity contribution in [3.05, 3.63) is 32.2 Å². The maximum Gasteiger partial charge on any atom is 0.305 e. The number of fused-ring (bicyclic) bond motifs is 9. The van der Waals surface area contributed by atoms with Crippen LogP contribution in [0.3, 0.4) is 0 Å². The number of methoxy groups -OCH3 is 2. The number of thioether (sulfide) groups is 1. The van der Waals surface area contributed by atoms with E-state index < -0.39 is 17.8 Å². The van der Waals surface area contributed by atoms with Crippen LogP contribution in [0.5, 0.6) is 17.2 Å². The first-order valence-electron chi connectivity index (χ1n) is 11.7. The Labute approximate surface area is 213 Å². The number of carboxylic acids is 1. The number of phenols is 1. The van der Waals surface area contributed by atoms with Crippen LogP contribution < -0.4 is 14.3 Å². The van der Waals surface area contributed by atoms with Gasteiger partial charge in [0.05, 0.1) is 37.5 Å². The predicted octanol–water partition coefficient (Wildman–Crippen LogP) is 2.11. The quantitative estimate of drug-likeness (QED) is 0.476. The molecule has 2 amide bonds. The van der Waals surface area contributed by atoms with Crippen molar-refractivity contribution >= 4 is 40.9 Å². The second kappa shape index (κ2) is 8.27. The van der Waals surface area contributed by atoms with E-state index in [2.05, 4.69) is 4.98 Å². The molecule has 190 valence electrons. The van der Waals surface area contributed by atoms with Crippen molar-refractivity contribution in [1.82, 2.24) is 9.88 Å². The molecular formula is C24H24N2O8S2. The normalized spacial score (nSPS) is 31.8. The molecule has 12 heteroatoms. The molecule has 1 aromatic heterocycles. The number of aromatic nitrogens is 1. The van der Waals surface area contributed by atoms with E-state index in [-0.39, 0.29) is 75.8 Å². The Bertz CT molecular complexity index is 1330. The summed E-state index contributed by atoms with van der Waals surface area (Å²) in [6, 6.07) is 3.49. The van der Waals surface area contributed by atoms with Crippen molar-refractivity contribution in [3.8, 4) is 17.2 Å². The molecule has 3 heterocycles. The molecular weight excluding hydrogens is 508 g/mol. The van der Waals surface area contributed by atoms with Gasteiger partial charge in [0.15, 0.2) is 11.5 Å². The maximum absolute atomic E-state index is 13.4. The van der Waals surface area contributed by atoms with Crippen LogP contribution in [-0.4, -0.2) is 63.9 Å². The van der Waals surface area contributed by atoms with E-state index in [9.17, 15) is 24.3 Å². The number of hydrogen-bond donors (Lipinski definition) is 3. The summed E-state index contributed by atoms with van der Waals surface area (Å²) in [5, 5.41) is 20.3. The van der Waals surface area contributed by atoms with Crippen molar-refractivity contribution in [2.24, 2.45) is 29.6 Å². The number of carbonyl (C=O) groups excluding carboxylic acids is 2. The third-order valence-electron chi connectivity index (χ3n) is 8.23. The Morgan fingerprint density at radius 2 is 1.75 bits per heavy atom. The van der Waals surface area contributed by atoms with Gasteiger partial charge in [0.2, 0.25) is 17.6 Å². The minimum absolute atomic E-state index is 0.000895. The first-order chi connectivity index (χ1) is 17.2. The Morgan fingerprint density at radius 1 is 1.11 bits per heavy atom. The van der Waals surface area contributed by atoms with Crippen molar-refractivity contribution in [2.75, 3.05) is 20.8 Å². The van der Waals surface area contributed by atoms with E-state index in [0.717, 1.165) is 38.1 Å². The van der Waals surface area contributed by atoms with E-state index >= 15 is 0 Å². The van der Waals surface area contributed by atoms with Gasteiger partial charge in [-0.25, -0.2) is 0 Å². The van der Waals surface area contributed by atoms with Crippen LogP contribution in [0, 0.1) is 29.6 Å². The lowest BCUT2D eigenvalue weighted by molar-refractivity contribution is -0.142. The first kappa shape index (κ1) is 23.4. The average molecular weight is 533 g/mol. The number of amides is 2. The highest BCUT2D eigenvalue weighted by Gasteiger charge is 2.69. The number of phenolic OH excluding ortho intramolecular Hbond substituents is 1. The lowest BCUT2D eigenvalue weighted by atomic mass is 9.68. The molecule has 2 saturated carbocycles. The Hall–Kier alpha value is -2.99. The Balaban J connectivity index is 1.45. The number of ether oxygens (including phenoxy) is 2. The number of hydrogen-bond acceptors (Lipinski definition) is 9. The summed E-state index contributed by atoms with van der Waals surface area (Å²) in [6.45, 7) is -0.113. The minimum Gasteiger partial charge on any atom is -0.502 e. The molecule has 0 unspecified atom stereocenters. The molecule has 7 atom stereocenters. The monoisotopic (exact) mass is 532 g/mol. The third-order valence-corrected chi connectivity index (χ3v) is 10.8. The van der Waals surface area contributed by atoms with E-state index in [0.29, 0.717) is 0 Å². The van der Waals surface area contributed by atoms with Gasteiger partial charge in [0.25, 0.3) is 0 Å². The first-order valence-corrected chi connectivity index (χ1v) is 13.4. The molecule has 6 rings (SSSR count). The van der Waals surface area contributed by atoms with Gasteiger partial charge in [-0.1, -0.05) is 11.3 Å². The zero-order valence-corrected chi connectivity index (χ0v) is 21.1. The predicted molar refractivity (Wildman–Crippen MR) is 129 cm³/mol. The summed E-state index contributed by atoms with van der Waals surface area (Å²) < 4.78 is 10.8. The largest absolute Gasteiger partial charge is 0.502 e. The number of aromatic amines is 1. The molecule has 2 aromatic rings. The van der Waals surface area contributed by atoms with Gasteiger partial charge < -0.3 is 24.7 Å². The highest BCUT2D eigenvalue weighted by molar-refractivity contribution is 8.00. The second-order valence-electron chi connectivity index (χ2n) is 9.71. The van der Waals surface area contributed by atoms with Gasteiger partial charge in [-0.2, -0.15) is 0 Å². The zero-order chi connectivity index (χ0) is 25.5. The maximum atomic E-state index is 13.4. The highest BCUT2D eigenvalue weighted by atomic mass is 32.2. The van der Waals surface area contributed by atoms with Gasteiger partial charge in [0.1, 0.15) is 0 Å². The van der Waals surface area contributed by atoms with Crippen molar-refractivity contribution in [3.63, 3.8) is 0 Å². The zero-order valence-electron chi connectivity index (χ0n) is 19.4. The van der Waals surface area contributed by atoms with Crippen molar-refractivity contribution in [1.29, 1.82) is 0 Å². The van der Waals surface area contributed by atoms with Crippen LogP contribution in [0.25, 0.3) is 0 Å². The minimum atomic E-state index is -1.05. The molecule has 3 fully saturated rings. The van der Waals surface area contributed by atoms with Gasteiger partial charge in [0, 0.05) is 22.6 Å². The number of nitrogens with one attached hydrogen (secondary N) is 1. The third kappa shape index (κ3) is 3.16. The number of likely N-dealkylation sites (tertiary alicyclic amines) is 1. The number of rotatable bonds is 6. The molecule has 2 bridgehead atoms. The number of thiazole rings is 1. The number of carbonyl (C=O) groups is 3. The van der Waals surface area contributed by atoms with Crippen LogP contribution >= 0.6 is 23.1 Å². The van der Waals surface area contributed by atoms with E-state index in [1.807, 2.05) is 0 Å². The number of imide groups is 1. The molecule has 2 aliphatic carbocycles. The van der Waals surface area contributed by atoms with Crippen LogP contribution in [0.4, 0.5) is 0 Å². The van der Waals surface area contributed by atoms with Crippen LogP contribution in [-0.2, 0) is 14.4 Å². The van der Waals surface area contributed by atoms with Crippen LogP contribution in [0.2, 0.25) is 0 Å². The topological polar surface area (TPSA) is 146 Å². The van der Waals surface area contributed by atoms with Gasteiger partial charge in [-0.3, -0.25) is 24.1 Å². The molecule has 1 saturated heterocycles. The second-order valence-corrected chi connectivity index (χ2v) is 11.9. The van der Waals surface area contributed by atoms with Crippen molar-refractivity contribution < 1.29 is 34.1 Å². The van der Waals surface area contributed by atoms with Crippen molar-refractivity contribution in [2.45, 2.75) is 29.0 Å². The number of benzene rings is 1. The smallest absolute Gasteiger partial charge is 0.305 e. The molecule has 0 spiro atoms. The number of carboxylic acid groups (broad SMARTS) is 1. The van der Waals surface area contributed by atoms with Crippen LogP contribution in [0.1, 0.15) is 29.2 Å². The van der Waals surface area contributed by atoms with E-state index in [4.69, 9.17) is 14.6 Å². The van der Waals surface area contributed by atoms with E-state index in [1.54, 1.807) is 23.9 Å². The standard InChI is InChI=1S/C24H24N2O8S2/c1-33-11-5-8(6-12(34-2)18(11)29)14-15-9-7-10(19(15)35-21-20(14)36-24(32)25-21)17-16(9)22(30)26(23(17)31)4-3-13(27)28/h5-6,9-10,14-17,19,29H,3-4,7H2,1-2H3,(H,25,32)(H,27,28)/t9-,10+,14-,15+,16+,17+,19-/m0/s1. The SMILES string of the molecule is COc1cc([C@@H]2c3sc(=O)[nH]c3S[C@H]3[C@@H]4C[C@H]([C@H]5C(=O)N(CCC(=O)O)C(=O)[C@H]45)[C@H]23)cc(OC)c1O. The summed E-state index contributed by atoms with van der Waals surface area (Å²) in [6.07, 6.45) is 0.450. The molecule has 2 aliphatic heterocycles. The molecule has 0 radical (unpaired) electrons. The number of nitrogens with zero attached hydrogens (tertiary/aromatic N) is 1. The molecule has 10 nitrogen and oxygen atoms in total. The number of aromatic hydroxyl groups is 1. The molecule has 3 N–H and O–H groups in total. The molecule has 4 aliphatic rings. The summed E-state index contributed by atoms with van der Waals surface area (Å²) in [5.74, 6) is -2.61. The lowest BCUT2D eigenvalue weighted by Gasteiger charge is -2.43. The van der Waals surface area contributed by atoms with Gasteiger partial charge >= 0.3 is 10.8 Å². The summed E-state index contributed by atoms with van der Waals surface area (Å²) in [7, 11) is 2.91. The highest BCUT2D eigenvalue weighted by Crippen LogP contribution is 2.68. The molecule has 36 heavy (non-hydrogen) atoms. The van der Waals surface area contributed by atoms with Gasteiger partial charge in [-0.15, -0.1) is 11.8 Å². The van der Waals surface area contributed by atoms with Gasteiger partial charge in [-0.05, 0) is 41.9 Å². The van der Waals surface area contributed by atoms with E-state index in [1.165, 1.54) is 14.2 Å². The Morgan fingerprint density at radius 3 is 2.36 bits per heavy atom. The fraction of sp³-hybridized carbons (Fsp3) is 0.500.